The number of hydrogen-bond donors (Lipinski definition) is 0. The van der Waals surface area contributed by atoms with Gasteiger partial charge in [0.25, 0.3) is 0 Å². The van der Waals surface area contributed by atoms with Crippen LogP contribution >= 0.6 is 11.3 Å². The van der Waals surface area contributed by atoms with Gasteiger partial charge < -0.3 is 4.90 Å². The first-order valence-corrected chi connectivity index (χ1v) is 19.7. The van der Waals surface area contributed by atoms with Crippen LogP contribution in [0.4, 0.5) is 17.1 Å². The Labute approximate surface area is 325 Å². The summed E-state index contributed by atoms with van der Waals surface area (Å²) in [6.45, 7) is 0. The Kier molecular flexibility index (Phi) is 7.33. The van der Waals surface area contributed by atoms with Gasteiger partial charge in [0.15, 0.2) is 0 Å². The zero-order valence-corrected chi connectivity index (χ0v) is 30.9. The minimum Gasteiger partial charge on any atom is -0.309 e. The van der Waals surface area contributed by atoms with Crippen LogP contribution < -0.4 is 4.90 Å². The summed E-state index contributed by atoms with van der Waals surface area (Å²) in [5.41, 5.74) is 13.2. The molecule has 11 rings (SSSR count). The first-order chi connectivity index (χ1) is 27.3. The molecule has 1 aromatic heterocycles. The van der Waals surface area contributed by atoms with E-state index in [0.717, 1.165) is 11.4 Å². The zero-order chi connectivity index (χ0) is 36.3. The van der Waals surface area contributed by atoms with Crippen LogP contribution in [0.5, 0.6) is 0 Å². The number of benzene rings is 9. The van der Waals surface area contributed by atoms with Crippen molar-refractivity contribution in [1.29, 1.82) is 0 Å². The Morgan fingerprint density at radius 1 is 0.382 bits per heavy atom. The number of hydrogen-bond acceptors (Lipinski definition) is 2. The lowest BCUT2D eigenvalue weighted by Gasteiger charge is -2.34. The van der Waals surface area contributed by atoms with E-state index in [2.05, 4.69) is 217 Å². The highest BCUT2D eigenvalue weighted by Crippen LogP contribution is 2.56. The molecule has 0 N–H and O–H groups in total. The van der Waals surface area contributed by atoms with Crippen LogP contribution in [0.25, 0.3) is 53.2 Å². The molecule has 9 aromatic carbocycles. The smallest absolute Gasteiger partial charge is 0.0713 e. The van der Waals surface area contributed by atoms with E-state index in [-0.39, 0.29) is 0 Å². The molecule has 0 radical (unpaired) electrons. The fourth-order valence-electron chi connectivity index (χ4n) is 9.08. The quantitative estimate of drug-likeness (QED) is 0.166. The first-order valence-electron chi connectivity index (χ1n) is 18.9. The second-order valence-electron chi connectivity index (χ2n) is 14.5. The molecule has 10 aromatic rings. The summed E-state index contributed by atoms with van der Waals surface area (Å²) in [4.78, 5) is 2.44. The molecule has 258 valence electrons. The van der Waals surface area contributed by atoms with E-state index in [1.165, 1.54) is 81.1 Å². The summed E-state index contributed by atoms with van der Waals surface area (Å²) in [7, 11) is 0. The van der Waals surface area contributed by atoms with Crippen molar-refractivity contribution in [2.75, 3.05) is 4.90 Å². The van der Waals surface area contributed by atoms with Crippen molar-refractivity contribution < 1.29 is 0 Å². The lowest BCUT2D eigenvalue weighted by atomic mass is 9.68. The van der Waals surface area contributed by atoms with Crippen LogP contribution in [0.1, 0.15) is 22.3 Å². The van der Waals surface area contributed by atoms with E-state index < -0.39 is 5.41 Å². The fourth-order valence-corrected chi connectivity index (χ4v) is 10.3. The second-order valence-corrected chi connectivity index (χ2v) is 15.5. The largest absolute Gasteiger partial charge is 0.309 e. The molecule has 2 heteroatoms. The third kappa shape index (κ3) is 4.92. The number of rotatable bonds is 6. The van der Waals surface area contributed by atoms with Crippen molar-refractivity contribution >= 4 is 59.3 Å². The van der Waals surface area contributed by atoms with Crippen molar-refractivity contribution in [3.63, 3.8) is 0 Å². The first kappa shape index (κ1) is 31.8. The standard InChI is InChI=1S/C53H35NS/c1-2-15-40(16-3-1)53(48-21-9-6-17-44(48)45-18-7-10-22-49(45)53)41-29-33-43(34-30-41)54(50-23-12-20-47-46-19-8-11-24-51(46)55-52(47)50)42-31-27-37(28-32-42)39-26-25-36-13-4-5-14-38(36)35-39/h1-35H. The summed E-state index contributed by atoms with van der Waals surface area (Å²) in [5.74, 6) is 0. The maximum absolute atomic E-state index is 2.44. The highest BCUT2D eigenvalue weighted by molar-refractivity contribution is 7.26. The van der Waals surface area contributed by atoms with E-state index >= 15 is 0 Å². The molecule has 1 aliphatic rings. The second kappa shape index (κ2) is 12.7. The van der Waals surface area contributed by atoms with E-state index in [9.17, 15) is 0 Å². The molecule has 0 amide bonds. The number of anilines is 3. The number of nitrogens with zero attached hydrogens (tertiary/aromatic N) is 1. The average Bonchev–Trinajstić information content (AvgIpc) is 3.79. The molecule has 0 atom stereocenters. The molecule has 55 heavy (non-hydrogen) atoms. The van der Waals surface area contributed by atoms with Crippen LogP contribution in [0, 0.1) is 0 Å². The van der Waals surface area contributed by atoms with Gasteiger partial charge in [0.2, 0.25) is 0 Å². The summed E-state index contributed by atoms with van der Waals surface area (Å²) < 4.78 is 2.58. The fraction of sp³-hybridized carbons (Fsp3) is 0.0189. The normalized spacial score (nSPS) is 12.9. The SMILES string of the molecule is c1ccc(C2(c3ccc(N(c4ccc(-c5ccc6ccccc6c5)cc4)c4cccc5c4sc4ccccc45)cc3)c3ccccc3-c3ccccc32)cc1. The molecule has 0 unspecified atom stereocenters. The summed E-state index contributed by atoms with van der Waals surface area (Å²) in [6.07, 6.45) is 0. The van der Waals surface area contributed by atoms with Crippen LogP contribution in [0.15, 0.2) is 212 Å². The van der Waals surface area contributed by atoms with Gasteiger partial charge in [-0.25, -0.2) is 0 Å². The van der Waals surface area contributed by atoms with Crippen LogP contribution in [0.3, 0.4) is 0 Å². The Balaban J connectivity index is 1.09. The van der Waals surface area contributed by atoms with Gasteiger partial charge in [0, 0.05) is 26.8 Å². The highest BCUT2D eigenvalue weighted by atomic mass is 32.1. The maximum atomic E-state index is 2.44. The van der Waals surface area contributed by atoms with Crippen molar-refractivity contribution in [3.05, 3.63) is 235 Å². The monoisotopic (exact) mass is 717 g/mol. The van der Waals surface area contributed by atoms with Gasteiger partial charge in [-0.2, -0.15) is 0 Å². The molecule has 0 spiro atoms. The van der Waals surface area contributed by atoms with Crippen LogP contribution in [0.2, 0.25) is 0 Å². The van der Waals surface area contributed by atoms with Gasteiger partial charge in [-0.15, -0.1) is 11.3 Å². The molecular weight excluding hydrogens is 683 g/mol. The Hall–Kier alpha value is -6.74. The van der Waals surface area contributed by atoms with Crippen molar-refractivity contribution in [2.45, 2.75) is 5.41 Å². The van der Waals surface area contributed by atoms with E-state index in [0.29, 0.717) is 0 Å². The van der Waals surface area contributed by atoms with E-state index in [4.69, 9.17) is 0 Å². The zero-order valence-electron chi connectivity index (χ0n) is 30.1. The van der Waals surface area contributed by atoms with Gasteiger partial charge in [-0.1, -0.05) is 170 Å². The number of fused-ring (bicyclic) bond motifs is 7. The molecule has 0 fully saturated rings. The van der Waals surface area contributed by atoms with Crippen LogP contribution in [-0.2, 0) is 5.41 Å². The Morgan fingerprint density at radius 2 is 0.945 bits per heavy atom. The van der Waals surface area contributed by atoms with Crippen LogP contribution in [-0.4, -0.2) is 0 Å². The lowest BCUT2D eigenvalue weighted by molar-refractivity contribution is 0.768. The molecular formula is C53H35NS. The number of thiophene rings is 1. The third-order valence-corrected chi connectivity index (χ3v) is 12.8. The Morgan fingerprint density at radius 3 is 1.69 bits per heavy atom. The third-order valence-electron chi connectivity index (χ3n) is 11.6. The summed E-state index contributed by atoms with van der Waals surface area (Å²) in [5, 5.41) is 5.10. The Bertz CT molecular complexity index is 2980. The average molecular weight is 718 g/mol. The maximum Gasteiger partial charge on any atom is 0.0713 e. The summed E-state index contributed by atoms with van der Waals surface area (Å²) >= 11 is 1.87. The molecule has 1 nitrogen and oxygen atoms in total. The topological polar surface area (TPSA) is 3.24 Å². The van der Waals surface area contributed by atoms with Gasteiger partial charge in [-0.3, -0.25) is 0 Å². The predicted octanol–water partition coefficient (Wildman–Crippen LogP) is 14.7. The minimum absolute atomic E-state index is 0.440. The van der Waals surface area contributed by atoms with Gasteiger partial charge >= 0.3 is 0 Å². The van der Waals surface area contributed by atoms with E-state index in [1.807, 2.05) is 11.3 Å². The molecule has 0 bridgehead atoms. The van der Waals surface area contributed by atoms with Gasteiger partial charge in [0.1, 0.15) is 0 Å². The summed E-state index contributed by atoms with van der Waals surface area (Å²) in [6, 6.07) is 78.2. The molecule has 0 saturated heterocycles. The van der Waals surface area contributed by atoms with E-state index in [1.54, 1.807) is 0 Å². The minimum atomic E-state index is -0.440. The van der Waals surface area contributed by atoms with Gasteiger partial charge in [0.05, 0.1) is 15.8 Å². The van der Waals surface area contributed by atoms with Crippen molar-refractivity contribution in [1.82, 2.24) is 0 Å². The lowest BCUT2D eigenvalue weighted by Crippen LogP contribution is -2.28. The molecule has 0 saturated carbocycles. The van der Waals surface area contributed by atoms with Crippen molar-refractivity contribution in [2.24, 2.45) is 0 Å². The van der Waals surface area contributed by atoms with Gasteiger partial charge in [-0.05, 0) is 97.7 Å². The molecule has 1 aliphatic carbocycles. The molecule has 1 heterocycles. The predicted molar refractivity (Wildman–Crippen MR) is 234 cm³/mol. The highest BCUT2D eigenvalue weighted by Gasteiger charge is 2.45. The van der Waals surface area contributed by atoms with Crippen molar-refractivity contribution in [3.8, 4) is 22.3 Å². The molecule has 0 aliphatic heterocycles.